The molecule has 8 nitrogen and oxygen atoms in total. The molecule has 1 heterocycles. The summed E-state index contributed by atoms with van der Waals surface area (Å²) < 4.78 is 6.69. The second-order valence-corrected chi connectivity index (χ2v) is 8.81. The number of carbonyl (C=O) groups is 1. The van der Waals surface area contributed by atoms with Gasteiger partial charge in [0.2, 0.25) is 5.82 Å². The number of hydrogen-bond acceptors (Lipinski definition) is 6. The summed E-state index contributed by atoms with van der Waals surface area (Å²) in [6, 6.07) is 28.3. The molecule has 5 rings (SSSR count). The number of primary amides is 1. The summed E-state index contributed by atoms with van der Waals surface area (Å²) in [5.41, 5.74) is 10.4. The van der Waals surface area contributed by atoms with Gasteiger partial charge in [-0.1, -0.05) is 54.6 Å². The van der Waals surface area contributed by atoms with Gasteiger partial charge in [-0.3, -0.25) is 9.36 Å². The predicted molar refractivity (Wildman–Crippen MR) is 144 cm³/mol. The second kappa shape index (κ2) is 10.5. The number of amides is 1. The lowest BCUT2D eigenvalue weighted by Crippen LogP contribution is -2.17. The van der Waals surface area contributed by atoms with E-state index in [2.05, 4.69) is 46.6 Å². The quantitative estimate of drug-likeness (QED) is 0.275. The summed E-state index contributed by atoms with van der Waals surface area (Å²) in [7, 11) is 1.56. The van der Waals surface area contributed by atoms with Crippen molar-refractivity contribution in [3.8, 4) is 45.5 Å². The Bertz CT molecular complexity index is 1580. The number of carbonyl (C=O) groups excluding carboxylic acids is 1. The number of phenolic OH excluding ortho intramolecular Hbond substituents is 2. The Morgan fingerprint density at radius 3 is 2.18 bits per heavy atom. The van der Waals surface area contributed by atoms with E-state index in [9.17, 15) is 15.0 Å². The highest BCUT2D eigenvalue weighted by atomic mass is 16.5. The molecule has 1 aromatic heterocycles. The number of benzene rings is 4. The van der Waals surface area contributed by atoms with Gasteiger partial charge in [-0.15, -0.1) is 10.2 Å². The molecule has 0 spiro atoms. The van der Waals surface area contributed by atoms with Crippen molar-refractivity contribution in [3.05, 3.63) is 108 Å². The van der Waals surface area contributed by atoms with Crippen molar-refractivity contribution in [1.29, 1.82) is 0 Å². The van der Waals surface area contributed by atoms with Gasteiger partial charge in [0.1, 0.15) is 17.2 Å². The first-order chi connectivity index (χ1) is 18.4. The monoisotopic (exact) mass is 506 g/mol. The fraction of sp³-hybridized carbons (Fsp3) is 0.100. The van der Waals surface area contributed by atoms with Gasteiger partial charge < -0.3 is 20.7 Å². The van der Waals surface area contributed by atoms with Crippen LogP contribution in [0, 0.1) is 0 Å². The number of hydrogen-bond donors (Lipinski definition) is 3. The van der Waals surface area contributed by atoms with Gasteiger partial charge >= 0.3 is 0 Å². The van der Waals surface area contributed by atoms with E-state index in [1.165, 1.54) is 10.6 Å². The third-order valence-electron chi connectivity index (χ3n) is 6.40. The zero-order valence-electron chi connectivity index (χ0n) is 20.7. The average molecular weight is 507 g/mol. The van der Waals surface area contributed by atoms with E-state index in [1.807, 2.05) is 18.2 Å². The molecule has 0 unspecified atom stereocenters. The highest BCUT2D eigenvalue weighted by Crippen LogP contribution is 2.36. The number of aromatic hydroxyl groups is 2. The van der Waals surface area contributed by atoms with Gasteiger partial charge in [0.15, 0.2) is 5.82 Å². The molecule has 0 atom stereocenters. The van der Waals surface area contributed by atoms with Crippen molar-refractivity contribution in [2.45, 2.75) is 12.8 Å². The number of aryl methyl sites for hydroxylation is 2. The van der Waals surface area contributed by atoms with Crippen molar-refractivity contribution in [3.63, 3.8) is 0 Å². The first kappa shape index (κ1) is 24.6. The van der Waals surface area contributed by atoms with E-state index >= 15 is 0 Å². The standard InChI is InChI=1S/C30H26N4O4/c1-38-24-15-13-23(14-16-24)34-29(32-33-30(34)28(31)37)25-17-22(26(35)18-27(25)36)12-9-19-7-10-21(11-8-19)20-5-3-2-4-6-20/h2-8,10-11,13-18,35-36H,9,12H2,1H3,(H2,31,37). The van der Waals surface area contributed by atoms with Crippen LogP contribution in [0.15, 0.2) is 91.0 Å². The zero-order valence-corrected chi connectivity index (χ0v) is 20.7. The fourth-order valence-corrected chi connectivity index (χ4v) is 4.37. The first-order valence-corrected chi connectivity index (χ1v) is 12.0. The van der Waals surface area contributed by atoms with E-state index in [0.29, 0.717) is 35.4 Å². The number of rotatable bonds is 8. The zero-order chi connectivity index (χ0) is 26.6. The molecule has 0 radical (unpaired) electrons. The minimum Gasteiger partial charge on any atom is -0.508 e. The largest absolute Gasteiger partial charge is 0.508 e. The highest BCUT2D eigenvalue weighted by molar-refractivity contribution is 5.91. The van der Waals surface area contributed by atoms with Crippen LogP contribution >= 0.6 is 0 Å². The van der Waals surface area contributed by atoms with Gasteiger partial charge in [-0.05, 0) is 65.4 Å². The highest BCUT2D eigenvalue weighted by Gasteiger charge is 2.22. The minimum atomic E-state index is -0.767. The Morgan fingerprint density at radius 1 is 0.842 bits per heavy atom. The summed E-state index contributed by atoms with van der Waals surface area (Å²) in [5, 5.41) is 29.4. The van der Waals surface area contributed by atoms with Crippen LogP contribution < -0.4 is 10.5 Å². The Morgan fingerprint density at radius 2 is 1.53 bits per heavy atom. The molecule has 5 aromatic rings. The fourth-order valence-electron chi connectivity index (χ4n) is 4.37. The summed E-state index contributed by atoms with van der Waals surface area (Å²) in [6.45, 7) is 0. The molecule has 0 aliphatic rings. The van der Waals surface area contributed by atoms with Gasteiger partial charge in [-0.2, -0.15) is 0 Å². The molecule has 0 aliphatic heterocycles. The molecule has 0 saturated carbocycles. The van der Waals surface area contributed by atoms with Crippen molar-refractivity contribution < 1.29 is 19.7 Å². The van der Waals surface area contributed by atoms with Crippen molar-refractivity contribution >= 4 is 5.91 Å². The van der Waals surface area contributed by atoms with Crippen molar-refractivity contribution in [2.75, 3.05) is 7.11 Å². The molecule has 190 valence electrons. The summed E-state index contributed by atoms with van der Waals surface area (Å²) in [6.07, 6.45) is 1.19. The van der Waals surface area contributed by atoms with E-state index in [-0.39, 0.29) is 23.1 Å². The third-order valence-corrected chi connectivity index (χ3v) is 6.40. The van der Waals surface area contributed by atoms with Crippen LogP contribution in [-0.2, 0) is 12.8 Å². The lowest BCUT2D eigenvalue weighted by molar-refractivity contribution is 0.0988. The maximum atomic E-state index is 12.1. The van der Waals surface area contributed by atoms with E-state index in [0.717, 1.165) is 16.7 Å². The van der Waals surface area contributed by atoms with Crippen LogP contribution in [0.25, 0.3) is 28.2 Å². The number of nitrogens with zero attached hydrogens (tertiary/aromatic N) is 3. The molecule has 38 heavy (non-hydrogen) atoms. The van der Waals surface area contributed by atoms with E-state index in [1.54, 1.807) is 37.4 Å². The van der Waals surface area contributed by atoms with Gasteiger partial charge in [-0.25, -0.2) is 0 Å². The number of phenols is 2. The second-order valence-electron chi connectivity index (χ2n) is 8.81. The van der Waals surface area contributed by atoms with E-state index in [4.69, 9.17) is 10.5 Å². The van der Waals surface area contributed by atoms with Gasteiger partial charge in [0.25, 0.3) is 5.91 Å². The molecular formula is C30H26N4O4. The van der Waals surface area contributed by atoms with Crippen LogP contribution in [0.3, 0.4) is 0 Å². The third kappa shape index (κ3) is 4.92. The van der Waals surface area contributed by atoms with Crippen LogP contribution in [0.5, 0.6) is 17.2 Å². The van der Waals surface area contributed by atoms with Crippen LogP contribution in [0.2, 0.25) is 0 Å². The molecule has 4 N–H and O–H groups in total. The number of nitrogens with two attached hydrogens (primary N) is 1. The van der Waals surface area contributed by atoms with E-state index < -0.39 is 5.91 Å². The van der Waals surface area contributed by atoms with Gasteiger partial charge in [0, 0.05) is 11.8 Å². The van der Waals surface area contributed by atoms with Crippen molar-refractivity contribution in [2.24, 2.45) is 5.73 Å². The number of ether oxygens (including phenoxy) is 1. The predicted octanol–water partition coefficient (Wildman–Crippen LogP) is 4.91. The maximum absolute atomic E-state index is 12.1. The normalized spacial score (nSPS) is 10.9. The molecule has 0 saturated heterocycles. The molecular weight excluding hydrogens is 480 g/mol. The van der Waals surface area contributed by atoms with Crippen LogP contribution in [0.4, 0.5) is 0 Å². The molecule has 4 aromatic carbocycles. The smallest absolute Gasteiger partial charge is 0.287 e. The minimum absolute atomic E-state index is 0.0298. The Balaban J connectivity index is 1.45. The maximum Gasteiger partial charge on any atom is 0.287 e. The Kier molecular flexibility index (Phi) is 6.78. The molecule has 0 aliphatic carbocycles. The molecule has 1 amide bonds. The lowest BCUT2D eigenvalue weighted by atomic mass is 9.98. The van der Waals surface area contributed by atoms with Crippen LogP contribution in [0.1, 0.15) is 21.7 Å². The summed E-state index contributed by atoms with van der Waals surface area (Å²) in [5.74, 6) is -0.227. The number of aromatic nitrogens is 3. The number of methoxy groups -OCH3 is 1. The van der Waals surface area contributed by atoms with Gasteiger partial charge in [0.05, 0.1) is 12.7 Å². The lowest BCUT2D eigenvalue weighted by Gasteiger charge is -2.13. The summed E-state index contributed by atoms with van der Waals surface area (Å²) in [4.78, 5) is 12.1. The Labute approximate surface area is 219 Å². The SMILES string of the molecule is COc1ccc(-n2c(C(N)=O)nnc2-c2cc(CCc3ccc(-c4ccccc4)cc3)c(O)cc2O)cc1. The Hall–Kier alpha value is -5.11. The topological polar surface area (TPSA) is 123 Å². The molecule has 8 heteroatoms. The molecule has 0 bridgehead atoms. The first-order valence-electron chi connectivity index (χ1n) is 12.0. The average Bonchev–Trinajstić information content (AvgIpc) is 3.39. The summed E-state index contributed by atoms with van der Waals surface area (Å²) >= 11 is 0. The molecule has 0 fully saturated rings. The van der Waals surface area contributed by atoms with Crippen molar-refractivity contribution in [1.82, 2.24) is 14.8 Å². The van der Waals surface area contributed by atoms with Crippen LogP contribution in [-0.4, -0.2) is 38.0 Å².